The van der Waals surface area contributed by atoms with Gasteiger partial charge in [-0.25, -0.2) is 0 Å². The fourth-order valence-corrected chi connectivity index (χ4v) is 2.16. The van der Waals surface area contributed by atoms with Crippen LogP contribution in [0.3, 0.4) is 0 Å². The summed E-state index contributed by atoms with van der Waals surface area (Å²) in [4.78, 5) is 22.2. The molecule has 0 saturated carbocycles. The first-order valence-corrected chi connectivity index (χ1v) is 6.01. The highest BCUT2D eigenvalue weighted by atomic mass is 32.1. The lowest BCUT2D eigenvalue weighted by atomic mass is 10.2. The molecule has 92 valence electrons. The van der Waals surface area contributed by atoms with Crippen molar-refractivity contribution in [1.82, 2.24) is 0 Å². The second-order valence-electron chi connectivity index (χ2n) is 3.66. The summed E-state index contributed by atoms with van der Waals surface area (Å²) in [5, 5.41) is 13.2. The van der Waals surface area contributed by atoms with Gasteiger partial charge in [-0.05, 0) is 24.6 Å². The Kier molecular flexibility index (Phi) is 3.38. The lowest BCUT2D eigenvalue weighted by Crippen LogP contribution is -2.10. The number of rotatable bonds is 3. The van der Waals surface area contributed by atoms with E-state index in [0.717, 1.165) is 16.9 Å². The van der Waals surface area contributed by atoms with Gasteiger partial charge in [0.15, 0.2) is 0 Å². The molecule has 18 heavy (non-hydrogen) atoms. The van der Waals surface area contributed by atoms with Gasteiger partial charge in [-0.3, -0.25) is 14.9 Å². The maximum absolute atomic E-state index is 11.9. The van der Waals surface area contributed by atoms with E-state index < -0.39 is 4.92 Å². The lowest BCUT2D eigenvalue weighted by molar-refractivity contribution is -0.380. The number of nitrogens with zero attached hydrogens (tertiary/aromatic N) is 1. The summed E-state index contributed by atoms with van der Waals surface area (Å²) in [5.74, 6) is -0.331. The highest BCUT2D eigenvalue weighted by molar-refractivity contribution is 7.17. The maximum Gasteiger partial charge on any atom is 0.324 e. The minimum absolute atomic E-state index is 0.0371. The van der Waals surface area contributed by atoms with Crippen LogP contribution < -0.4 is 5.32 Å². The second-order valence-corrected chi connectivity index (χ2v) is 4.73. The Morgan fingerprint density at radius 2 is 2.00 bits per heavy atom. The van der Waals surface area contributed by atoms with E-state index in [2.05, 4.69) is 5.32 Å². The Morgan fingerprint density at radius 3 is 2.61 bits per heavy atom. The van der Waals surface area contributed by atoms with Crippen molar-refractivity contribution in [1.29, 1.82) is 0 Å². The lowest BCUT2D eigenvalue weighted by Gasteiger charge is -2.06. The smallest absolute Gasteiger partial charge is 0.321 e. The largest absolute Gasteiger partial charge is 0.324 e. The molecule has 1 heterocycles. The fourth-order valence-electron chi connectivity index (χ4n) is 1.44. The van der Waals surface area contributed by atoms with E-state index >= 15 is 0 Å². The molecular formula is C12H10N2O3S. The van der Waals surface area contributed by atoms with Gasteiger partial charge < -0.3 is 5.32 Å². The third kappa shape index (κ3) is 2.54. The molecule has 0 atom stereocenters. The van der Waals surface area contributed by atoms with E-state index in [0.29, 0.717) is 10.6 Å². The Hall–Kier alpha value is -2.21. The summed E-state index contributed by atoms with van der Waals surface area (Å²) in [6, 6.07) is 10.1. The molecule has 0 saturated heterocycles. The SMILES string of the molecule is Cc1ccccc1NC(=O)c1ccc([N+](=O)[O-])s1. The van der Waals surface area contributed by atoms with Crippen molar-refractivity contribution in [3.05, 3.63) is 57.0 Å². The molecule has 0 bridgehead atoms. The molecule has 0 unspecified atom stereocenters. The molecule has 2 rings (SSSR count). The van der Waals surface area contributed by atoms with Crippen molar-refractivity contribution in [2.45, 2.75) is 6.92 Å². The summed E-state index contributed by atoms with van der Waals surface area (Å²) in [7, 11) is 0. The molecule has 1 N–H and O–H groups in total. The van der Waals surface area contributed by atoms with Crippen LogP contribution in [0.4, 0.5) is 10.7 Å². The van der Waals surface area contributed by atoms with E-state index in [4.69, 9.17) is 0 Å². The molecule has 1 amide bonds. The number of para-hydroxylation sites is 1. The van der Waals surface area contributed by atoms with Gasteiger partial charge in [-0.15, -0.1) is 0 Å². The molecule has 0 aliphatic carbocycles. The quantitative estimate of drug-likeness (QED) is 0.681. The summed E-state index contributed by atoms with van der Waals surface area (Å²) >= 11 is 0.863. The molecule has 6 heteroatoms. The molecular weight excluding hydrogens is 252 g/mol. The average Bonchev–Trinajstić information content (AvgIpc) is 2.81. The third-order valence-corrected chi connectivity index (χ3v) is 3.42. The number of amides is 1. The van der Waals surface area contributed by atoms with Crippen LogP contribution >= 0.6 is 11.3 Å². The predicted octanol–water partition coefficient (Wildman–Crippen LogP) is 3.22. The van der Waals surface area contributed by atoms with Crippen LogP contribution in [0.25, 0.3) is 0 Å². The number of nitrogens with one attached hydrogen (secondary N) is 1. The number of nitro groups is 1. The number of hydrogen-bond donors (Lipinski definition) is 1. The predicted molar refractivity (Wildman–Crippen MR) is 70.1 cm³/mol. The minimum Gasteiger partial charge on any atom is -0.321 e. The first-order chi connectivity index (χ1) is 8.58. The molecule has 0 aliphatic rings. The van der Waals surface area contributed by atoms with Crippen LogP contribution in [0.5, 0.6) is 0 Å². The van der Waals surface area contributed by atoms with Crippen molar-refractivity contribution in [3.8, 4) is 0 Å². The molecule has 5 nitrogen and oxygen atoms in total. The van der Waals surface area contributed by atoms with E-state index in [1.807, 2.05) is 25.1 Å². The van der Waals surface area contributed by atoms with Crippen LogP contribution in [0.15, 0.2) is 36.4 Å². The monoisotopic (exact) mass is 262 g/mol. The number of carbonyl (C=O) groups excluding carboxylic acids is 1. The van der Waals surface area contributed by atoms with Gasteiger partial charge in [0.25, 0.3) is 5.91 Å². The number of aryl methyl sites for hydroxylation is 1. The third-order valence-electron chi connectivity index (χ3n) is 2.39. The Labute approximate surface area is 107 Å². The number of carbonyl (C=O) groups is 1. The number of hydrogen-bond acceptors (Lipinski definition) is 4. The van der Waals surface area contributed by atoms with Crippen LogP contribution in [-0.4, -0.2) is 10.8 Å². The molecule has 0 spiro atoms. The number of anilines is 1. The van der Waals surface area contributed by atoms with Gasteiger partial charge in [-0.1, -0.05) is 29.5 Å². The van der Waals surface area contributed by atoms with Crippen LogP contribution in [0.1, 0.15) is 15.2 Å². The molecule has 0 radical (unpaired) electrons. The summed E-state index contributed by atoms with van der Waals surface area (Å²) in [6.45, 7) is 1.88. The maximum atomic E-state index is 11.9. The van der Waals surface area contributed by atoms with Crippen LogP contribution in [0, 0.1) is 17.0 Å². The van der Waals surface area contributed by atoms with Gasteiger partial charge in [0.05, 0.1) is 9.80 Å². The Bertz CT molecular complexity index is 607. The first kappa shape index (κ1) is 12.3. The summed E-state index contributed by atoms with van der Waals surface area (Å²) < 4.78 is 0. The van der Waals surface area contributed by atoms with Crippen molar-refractivity contribution < 1.29 is 9.72 Å². The zero-order valence-electron chi connectivity index (χ0n) is 9.54. The Morgan fingerprint density at radius 1 is 1.28 bits per heavy atom. The molecule has 1 aromatic heterocycles. The molecule has 1 aromatic carbocycles. The van der Waals surface area contributed by atoms with Crippen LogP contribution in [-0.2, 0) is 0 Å². The zero-order valence-corrected chi connectivity index (χ0v) is 10.4. The molecule has 2 aromatic rings. The fraction of sp³-hybridized carbons (Fsp3) is 0.0833. The summed E-state index contributed by atoms with van der Waals surface area (Å²) in [6.07, 6.45) is 0. The summed E-state index contributed by atoms with van der Waals surface area (Å²) in [5.41, 5.74) is 1.65. The minimum atomic E-state index is -0.505. The van der Waals surface area contributed by atoms with E-state index in [9.17, 15) is 14.9 Å². The topological polar surface area (TPSA) is 72.2 Å². The normalized spacial score (nSPS) is 10.1. The highest BCUT2D eigenvalue weighted by Gasteiger charge is 2.15. The number of benzene rings is 1. The van der Waals surface area contributed by atoms with Crippen LogP contribution in [0.2, 0.25) is 0 Å². The van der Waals surface area contributed by atoms with Crippen molar-refractivity contribution in [3.63, 3.8) is 0 Å². The van der Waals surface area contributed by atoms with E-state index in [-0.39, 0.29) is 10.9 Å². The van der Waals surface area contributed by atoms with E-state index in [1.54, 1.807) is 6.07 Å². The standard InChI is InChI=1S/C12H10N2O3S/c1-8-4-2-3-5-9(8)13-12(15)10-6-7-11(18-10)14(16)17/h2-7H,1H3,(H,13,15). The Balaban J connectivity index is 2.17. The van der Waals surface area contributed by atoms with Crippen molar-refractivity contribution in [2.24, 2.45) is 0 Å². The van der Waals surface area contributed by atoms with Gasteiger partial charge in [0.2, 0.25) is 0 Å². The molecule has 0 fully saturated rings. The average molecular weight is 262 g/mol. The van der Waals surface area contributed by atoms with Crippen molar-refractivity contribution >= 4 is 27.9 Å². The van der Waals surface area contributed by atoms with Gasteiger partial charge in [-0.2, -0.15) is 0 Å². The van der Waals surface area contributed by atoms with Gasteiger partial charge >= 0.3 is 5.00 Å². The van der Waals surface area contributed by atoms with E-state index in [1.165, 1.54) is 12.1 Å². The van der Waals surface area contributed by atoms with Gasteiger partial charge in [0, 0.05) is 11.8 Å². The van der Waals surface area contributed by atoms with Crippen molar-refractivity contribution in [2.75, 3.05) is 5.32 Å². The number of thiophene rings is 1. The first-order valence-electron chi connectivity index (χ1n) is 5.19. The second kappa shape index (κ2) is 4.97. The zero-order chi connectivity index (χ0) is 13.1. The van der Waals surface area contributed by atoms with Gasteiger partial charge in [0.1, 0.15) is 0 Å². The highest BCUT2D eigenvalue weighted by Crippen LogP contribution is 2.25. The molecule has 0 aliphatic heterocycles.